The van der Waals surface area contributed by atoms with Crippen LogP contribution in [0, 0.1) is 0 Å². The van der Waals surface area contributed by atoms with Crippen LogP contribution in [0.5, 0.6) is 0 Å². The van der Waals surface area contributed by atoms with Gasteiger partial charge in [0, 0.05) is 29.1 Å². The molecule has 1 N–H and O–H groups in total. The molecule has 0 saturated carbocycles. The SMILES string of the molecule is C=CCn1c(SCc2ccc(C(=O)Nc3ccc(C(=O)OCC)cc3)cc2)nnc1-c1ccccc1. The van der Waals surface area contributed by atoms with Crippen LogP contribution < -0.4 is 5.32 Å². The van der Waals surface area contributed by atoms with E-state index >= 15 is 0 Å². The lowest BCUT2D eigenvalue weighted by Gasteiger charge is -2.09. The number of nitrogens with one attached hydrogen (secondary N) is 1. The summed E-state index contributed by atoms with van der Waals surface area (Å²) in [7, 11) is 0. The number of thioether (sulfide) groups is 1. The van der Waals surface area contributed by atoms with Crippen molar-refractivity contribution in [3.8, 4) is 11.4 Å². The van der Waals surface area contributed by atoms with Gasteiger partial charge in [-0.15, -0.1) is 16.8 Å². The van der Waals surface area contributed by atoms with Gasteiger partial charge in [-0.1, -0.05) is 60.3 Å². The van der Waals surface area contributed by atoms with Crippen molar-refractivity contribution in [1.82, 2.24) is 14.8 Å². The van der Waals surface area contributed by atoms with E-state index in [1.54, 1.807) is 55.1 Å². The summed E-state index contributed by atoms with van der Waals surface area (Å²) in [5.41, 5.74) is 3.65. The zero-order valence-corrected chi connectivity index (χ0v) is 20.7. The average Bonchev–Trinajstić information content (AvgIpc) is 3.31. The van der Waals surface area contributed by atoms with Crippen LogP contribution >= 0.6 is 11.8 Å². The normalized spacial score (nSPS) is 10.6. The quantitative estimate of drug-likeness (QED) is 0.168. The topological polar surface area (TPSA) is 86.1 Å². The van der Waals surface area contributed by atoms with Crippen molar-refractivity contribution in [3.63, 3.8) is 0 Å². The molecule has 0 radical (unpaired) electrons. The van der Waals surface area contributed by atoms with E-state index in [0.717, 1.165) is 22.1 Å². The highest BCUT2D eigenvalue weighted by Gasteiger charge is 2.14. The van der Waals surface area contributed by atoms with Gasteiger partial charge >= 0.3 is 5.97 Å². The van der Waals surface area contributed by atoms with Crippen molar-refractivity contribution in [3.05, 3.63) is 108 Å². The lowest BCUT2D eigenvalue weighted by atomic mass is 10.1. The summed E-state index contributed by atoms with van der Waals surface area (Å²) in [6, 6.07) is 24.0. The molecular weight excluding hydrogens is 472 g/mol. The number of ether oxygens (including phenoxy) is 1. The largest absolute Gasteiger partial charge is 0.462 e. The molecule has 1 heterocycles. The predicted molar refractivity (Wildman–Crippen MR) is 142 cm³/mol. The first-order valence-corrected chi connectivity index (χ1v) is 12.5. The van der Waals surface area contributed by atoms with E-state index < -0.39 is 0 Å². The van der Waals surface area contributed by atoms with Crippen molar-refractivity contribution in [1.29, 1.82) is 0 Å². The second kappa shape index (κ2) is 12.0. The van der Waals surface area contributed by atoms with E-state index in [1.807, 2.05) is 53.1 Å². The Morgan fingerprint density at radius 1 is 0.972 bits per heavy atom. The van der Waals surface area contributed by atoms with Gasteiger partial charge in [0.25, 0.3) is 5.91 Å². The molecule has 4 aromatic rings. The number of esters is 1. The van der Waals surface area contributed by atoms with Gasteiger partial charge in [0.15, 0.2) is 11.0 Å². The number of rotatable bonds is 10. The minimum Gasteiger partial charge on any atom is -0.462 e. The second-order valence-corrected chi connectivity index (χ2v) is 8.75. The Hall–Kier alpha value is -4.17. The van der Waals surface area contributed by atoms with Crippen molar-refractivity contribution in [2.45, 2.75) is 24.4 Å². The highest BCUT2D eigenvalue weighted by Crippen LogP contribution is 2.26. The lowest BCUT2D eigenvalue weighted by molar-refractivity contribution is 0.0526. The number of anilines is 1. The van der Waals surface area contributed by atoms with Gasteiger partial charge in [0.05, 0.1) is 12.2 Å². The molecular formula is C28H26N4O3S. The van der Waals surface area contributed by atoms with Crippen LogP contribution in [0.3, 0.4) is 0 Å². The van der Waals surface area contributed by atoms with Gasteiger partial charge in [-0.25, -0.2) is 4.79 Å². The molecule has 0 atom stereocenters. The van der Waals surface area contributed by atoms with Crippen molar-refractivity contribution < 1.29 is 14.3 Å². The van der Waals surface area contributed by atoms with Crippen LogP contribution in [0.15, 0.2) is 96.7 Å². The molecule has 8 heteroatoms. The minimum atomic E-state index is -0.386. The first-order chi connectivity index (χ1) is 17.6. The van der Waals surface area contributed by atoms with Gasteiger partial charge in [-0.3, -0.25) is 9.36 Å². The molecule has 1 aromatic heterocycles. The van der Waals surface area contributed by atoms with Gasteiger partial charge in [0.1, 0.15) is 0 Å². The Morgan fingerprint density at radius 3 is 2.33 bits per heavy atom. The summed E-state index contributed by atoms with van der Waals surface area (Å²) in [4.78, 5) is 24.4. The number of aromatic nitrogens is 3. The molecule has 182 valence electrons. The Morgan fingerprint density at radius 2 is 1.67 bits per heavy atom. The number of carbonyl (C=O) groups is 2. The second-order valence-electron chi connectivity index (χ2n) is 7.81. The fourth-order valence-electron chi connectivity index (χ4n) is 3.50. The molecule has 0 unspecified atom stereocenters. The van der Waals surface area contributed by atoms with Crippen molar-refractivity contribution in [2.24, 2.45) is 0 Å². The number of hydrogen-bond acceptors (Lipinski definition) is 6. The van der Waals surface area contributed by atoms with Crippen LogP contribution in [0.25, 0.3) is 11.4 Å². The zero-order valence-electron chi connectivity index (χ0n) is 19.9. The van der Waals surface area contributed by atoms with E-state index in [-0.39, 0.29) is 11.9 Å². The molecule has 0 spiro atoms. The maximum absolute atomic E-state index is 12.6. The van der Waals surface area contributed by atoms with E-state index in [4.69, 9.17) is 4.74 Å². The number of benzene rings is 3. The minimum absolute atomic E-state index is 0.226. The number of carbonyl (C=O) groups excluding carboxylic acids is 2. The molecule has 0 saturated heterocycles. The average molecular weight is 499 g/mol. The van der Waals surface area contributed by atoms with E-state index in [0.29, 0.717) is 35.7 Å². The molecule has 4 rings (SSSR count). The molecule has 0 aliphatic carbocycles. The van der Waals surface area contributed by atoms with E-state index in [9.17, 15) is 9.59 Å². The first-order valence-electron chi connectivity index (χ1n) is 11.5. The Bertz CT molecular complexity index is 1330. The van der Waals surface area contributed by atoms with Crippen LogP contribution in [0.1, 0.15) is 33.2 Å². The zero-order chi connectivity index (χ0) is 25.3. The van der Waals surface area contributed by atoms with Gasteiger partial charge in [-0.05, 0) is 48.9 Å². The molecule has 36 heavy (non-hydrogen) atoms. The van der Waals surface area contributed by atoms with E-state index in [1.165, 1.54) is 0 Å². The third kappa shape index (κ3) is 6.09. The summed E-state index contributed by atoms with van der Waals surface area (Å²) in [5.74, 6) is 0.876. The maximum Gasteiger partial charge on any atom is 0.338 e. The molecule has 0 aliphatic rings. The Labute approximate surface area is 214 Å². The summed E-state index contributed by atoms with van der Waals surface area (Å²) >= 11 is 1.58. The number of hydrogen-bond donors (Lipinski definition) is 1. The van der Waals surface area contributed by atoms with Crippen LogP contribution in [-0.4, -0.2) is 33.2 Å². The fourth-order valence-corrected chi connectivity index (χ4v) is 4.40. The summed E-state index contributed by atoms with van der Waals surface area (Å²) in [6.45, 7) is 6.54. The van der Waals surface area contributed by atoms with Crippen LogP contribution in [-0.2, 0) is 17.0 Å². The fraction of sp³-hybridized carbons (Fsp3) is 0.143. The number of nitrogens with zero attached hydrogens (tertiary/aromatic N) is 3. The molecule has 3 aromatic carbocycles. The van der Waals surface area contributed by atoms with Gasteiger partial charge in [0.2, 0.25) is 0 Å². The third-order valence-electron chi connectivity index (χ3n) is 5.30. The Kier molecular flexibility index (Phi) is 8.31. The van der Waals surface area contributed by atoms with Gasteiger partial charge < -0.3 is 10.1 Å². The summed E-state index contributed by atoms with van der Waals surface area (Å²) in [6.07, 6.45) is 1.83. The predicted octanol–water partition coefficient (Wildman–Crippen LogP) is 5.85. The van der Waals surface area contributed by atoms with Crippen molar-refractivity contribution >= 4 is 29.3 Å². The number of amides is 1. The maximum atomic E-state index is 12.6. The summed E-state index contributed by atoms with van der Waals surface area (Å²) < 4.78 is 7.02. The van der Waals surface area contributed by atoms with E-state index in [2.05, 4.69) is 22.1 Å². The summed E-state index contributed by atoms with van der Waals surface area (Å²) in [5, 5.41) is 12.4. The molecule has 0 aliphatic heterocycles. The smallest absolute Gasteiger partial charge is 0.338 e. The third-order valence-corrected chi connectivity index (χ3v) is 6.34. The van der Waals surface area contributed by atoms with Crippen LogP contribution in [0.4, 0.5) is 5.69 Å². The number of allylic oxidation sites excluding steroid dienone is 1. The molecule has 0 fully saturated rings. The van der Waals surface area contributed by atoms with Crippen LogP contribution in [0.2, 0.25) is 0 Å². The Balaban J connectivity index is 1.37. The molecule has 1 amide bonds. The molecule has 0 bridgehead atoms. The first kappa shape index (κ1) is 24.9. The highest BCUT2D eigenvalue weighted by molar-refractivity contribution is 7.98. The highest BCUT2D eigenvalue weighted by atomic mass is 32.2. The monoisotopic (exact) mass is 498 g/mol. The molecule has 7 nitrogen and oxygen atoms in total. The van der Waals surface area contributed by atoms with Crippen molar-refractivity contribution in [2.75, 3.05) is 11.9 Å². The standard InChI is InChI=1S/C28H26N4O3S/c1-3-18-32-25(21-8-6-5-7-9-21)30-31-28(32)36-19-20-10-12-22(13-11-20)26(33)29-24-16-14-23(15-17-24)27(34)35-4-2/h3,5-17H,1,4,18-19H2,2H3,(H,29,33). The van der Waals surface area contributed by atoms with Gasteiger partial charge in [-0.2, -0.15) is 0 Å². The lowest BCUT2D eigenvalue weighted by Crippen LogP contribution is -2.12.